The first kappa shape index (κ1) is 14.9. The van der Waals surface area contributed by atoms with Crippen molar-refractivity contribution in [1.82, 2.24) is 0 Å². The van der Waals surface area contributed by atoms with E-state index in [0.29, 0.717) is 0 Å². The molecule has 19 heavy (non-hydrogen) atoms. The zero-order valence-electron chi connectivity index (χ0n) is 10.2. The van der Waals surface area contributed by atoms with Crippen molar-refractivity contribution in [3.05, 3.63) is 33.9 Å². The highest BCUT2D eigenvalue weighted by atomic mass is 16.6. The van der Waals surface area contributed by atoms with Gasteiger partial charge in [-0.1, -0.05) is 0 Å². The molecule has 0 heterocycles. The summed E-state index contributed by atoms with van der Waals surface area (Å²) in [6, 6.07) is 3.39. The van der Waals surface area contributed by atoms with E-state index in [4.69, 9.17) is 10.2 Å². The molecule has 8 heteroatoms. The summed E-state index contributed by atoms with van der Waals surface area (Å²) >= 11 is 0. The Morgan fingerprint density at radius 2 is 2.16 bits per heavy atom. The van der Waals surface area contributed by atoms with E-state index < -0.39 is 28.8 Å². The standard InChI is InChI=1S/C11H14N2O6/c1-11(17,6-14)5-12-8-3-2-7(10(15)16)4-9(8)13(18)19/h2-4,12,14,17H,5-6H2,1H3,(H,15,16). The predicted molar refractivity (Wildman–Crippen MR) is 66.3 cm³/mol. The molecule has 0 radical (unpaired) electrons. The van der Waals surface area contributed by atoms with Crippen molar-refractivity contribution < 1.29 is 25.0 Å². The average molecular weight is 270 g/mol. The lowest BCUT2D eigenvalue weighted by molar-refractivity contribution is -0.384. The number of aliphatic hydroxyl groups is 2. The van der Waals surface area contributed by atoms with Gasteiger partial charge in [0.15, 0.2) is 0 Å². The molecule has 0 spiro atoms. The normalized spacial score (nSPS) is 13.6. The van der Waals surface area contributed by atoms with E-state index in [0.717, 1.165) is 6.07 Å². The molecule has 0 amide bonds. The number of carbonyl (C=O) groups is 1. The summed E-state index contributed by atoms with van der Waals surface area (Å²) in [4.78, 5) is 20.9. The summed E-state index contributed by atoms with van der Waals surface area (Å²) in [5, 5.41) is 40.7. The van der Waals surface area contributed by atoms with Crippen LogP contribution in [0.2, 0.25) is 0 Å². The minimum atomic E-state index is -1.43. The van der Waals surface area contributed by atoms with Crippen LogP contribution in [0.15, 0.2) is 18.2 Å². The number of hydrogen-bond acceptors (Lipinski definition) is 6. The van der Waals surface area contributed by atoms with Gasteiger partial charge in [0, 0.05) is 12.6 Å². The second-order valence-electron chi connectivity index (χ2n) is 4.30. The zero-order valence-corrected chi connectivity index (χ0v) is 10.2. The monoisotopic (exact) mass is 270 g/mol. The predicted octanol–water partition coefficient (Wildman–Crippen LogP) is 0.448. The number of nitrogens with one attached hydrogen (secondary N) is 1. The maximum Gasteiger partial charge on any atom is 0.335 e. The minimum Gasteiger partial charge on any atom is -0.478 e. The van der Waals surface area contributed by atoms with Crippen LogP contribution in [0.25, 0.3) is 0 Å². The van der Waals surface area contributed by atoms with Crippen molar-refractivity contribution in [1.29, 1.82) is 0 Å². The minimum absolute atomic E-state index is 0.0729. The first-order valence-electron chi connectivity index (χ1n) is 5.36. The third-order valence-corrected chi connectivity index (χ3v) is 2.44. The molecule has 0 aliphatic carbocycles. The van der Waals surface area contributed by atoms with Crippen molar-refractivity contribution >= 4 is 17.3 Å². The van der Waals surface area contributed by atoms with Crippen molar-refractivity contribution in [3.63, 3.8) is 0 Å². The Morgan fingerprint density at radius 3 is 2.63 bits per heavy atom. The van der Waals surface area contributed by atoms with Crippen LogP contribution in [0.4, 0.5) is 11.4 Å². The number of aliphatic hydroxyl groups excluding tert-OH is 1. The Balaban J connectivity index is 3.01. The molecule has 1 rings (SSSR count). The number of rotatable bonds is 6. The van der Waals surface area contributed by atoms with Gasteiger partial charge in [-0.05, 0) is 19.1 Å². The molecule has 0 saturated carbocycles. The van der Waals surface area contributed by atoms with Crippen LogP contribution in [-0.4, -0.2) is 45.0 Å². The van der Waals surface area contributed by atoms with Gasteiger partial charge in [-0.2, -0.15) is 0 Å². The SMILES string of the molecule is CC(O)(CO)CNc1ccc(C(=O)O)cc1[N+](=O)[O-]. The highest BCUT2D eigenvalue weighted by Crippen LogP contribution is 2.26. The first-order valence-corrected chi connectivity index (χ1v) is 5.36. The lowest BCUT2D eigenvalue weighted by Crippen LogP contribution is -2.37. The molecule has 1 atom stereocenters. The topological polar surface area (TPSA) is 133 Å². The van der Waals surface area contributed by atoms with Gasteiger partial charge in [-0.15, -0.1) is 0 Å². The van der Waals surface area contributed by atoms with Crippen LogP contribution in [-0.2, 0) is 0 Å². The van der Waals surface area contributed by atoms with Crippen molar-refractivity contribution in [3.8, 4) is 0 Å². The van der Waals surface area contributed by atoms with Gasteiger partial charge in [-0.3, -0.25) is 10.1 Å². The Kier molecular flexibility index (Phi) is 4.41. The van der Waals surface area contributed by atoms with E-state index in [1.807, 2.05) is 0 Å². The number of hydrogen-bond donors (Lipinski definition) is 4. The van der Waals surface area contributed by atoms with Crippen LogP contribution in [0.1, 0.15) is 17.3 Å². The van der Waals surface area contributed by atoms with Crippen LogP contribution in [0.3, 0.4) is 0 Å². The summed E-state index contributed by atoms with van der Waals surface area (Å²) in [6.45, 7) is 0.731. The second-order valence-corrected chi connectivity index (χ2v) is 4.30. The quantitative estimate of drug-likeness (QED) is 0.435. The summed E-state index contributed by atoms with van der Waals surface area (Å²) in [6.07, 6.45) is 0. The maximum absolute atomic E-state index is 10.9. The molecule has 0 aliphatic heterocycles. The molecule has 0 aromatic heterocycles. The molecular formula is C11H14N2O6. The van der Waals surface area contributed by atoms with E-state index in [1.54, 1.807) is 0 Å². The molecule has 0 bridgehead atoms. The molecule has 1 unspecified atom stereocenters. The maximum atomic E-state index is 10.9. The molecular weight excluding hydrogens is 256 g/mol. The smallest absolute Gasteiger partial charge is 0.335 e. The van der Waals surface area contributed by atoms with Gasteiger partial charge >= 0.3 is 5.97 Å². The van der Waals surface area contributed by atoms with E-state index in [9.17, 15) is 20.0 Å². The molecule has 1 aromatic rings. The van der Waals surface area contributed by atoms with E-state index in [2.05, 4.69) is 5.32 Å². The van der Waals surface area contributed by atoms with Crippen LogP contribution in [0, 0.1) is 10.1 Å². The Morgan fingerprint density at radius 1 is 1.53 bits per heavy atom. The van der Waals surface area contributed by atoms with Crippen molar-refractivity contribution in [2.45, 2.75) is 12.5 Å². The third-order valence-electron chi connectivity index (χ3n) is 2.44. The fourth-order valence-corrected chi connectivity index (χ4v) is 1.31. The number of nitrogens with zero attached hydrogens (tertiary/aromatic N) is 1. The summed E-state index contributed by atoms with van der Waals surface area (Å²) in [5.74, 6) is -1.27. The lowest BCUT2D eigenvalue weighted by atomic mass is 10.1. The van der Waals surface area contributed by atoms with Gasteiger partial charge in [0.25, 0.3) is 5.69 Å². The van der Waals surface area contributed by atoms with Crippen LogP contribution in [0.5, 0.6) is 0 Å². The number of anilines is 1. The molecule has 0 saturated heterocycles. The number of nitro groups is 1. The Bertz CT molecular complexity index is 500. The third kappa shape index (κ3) is 3.90. The average Bonchev–Trinajstić information content (AvgIpc) is 2.36. The summed E-state index contributed by atoms with van der Waals surface area (Å²) in [5.41, 5.74) is -1.97. The highest BCUT2D eigenvalue weighted by molar-refractivity contribution is 5.89. The van der Waals surface area contributed by atoms with Gasteiger partial charge in [0.05, 0.1) is 17.1 Å². The van der Waals surface area contributed by atoms with Crippen molar-refractivity contribution in [2.75, 3.05) is 18.5 Å². The molecule has 0 fully saturated rings. The summed E-state index contributed by atoms with van der Waals surface area (Å²) in [7, 11) is 0. The van der Waals surface area contributed by atoms with Gasteiger partial charge in [0.2, 0.25) is 0 Å². The molecule has 4 N–H and O–H groups in total. The number of carboxylic acid groups (broad SMARTS) is 1. The van der Waals surface area contributed by atoms with E-state index in [-0.39, 0.29) is 17.8 Å². The first-order chi connectivity index (χ1) is 8.76. The molecule has 104 valence electrons. The van der Waals surface area contributed by atoms with Gasteiger partial charge in [0.1, 0.15) is 11.3 Å². The largest absolute Gasteiger partial charge is 0.478 e. The van der Waals surface area contributed by atoms with Crippen LogP contribution >= 0.6 is 0 Å². The number of nitro benzene ring substituents is 1. The van der Waals surface area contributed by atoms with Crippen LogP contribution < -0.4 is 5.32 Å². The molecule has 8 nitrogen and oxygen atoms in total. The second kappa shape index (κ2) is 5.63. The highest BCUT2D eigenvalue weighted by Gasteiger charge is 2.22. The molecule has 1 aromatic carbocycles. The van der Waals surface area contributed by atoms with Crippen molar-refractivity contribution in [2.24, 2.45) is 0 Å². The van der Waals surface area contributed by atoms with E-state index in [1.165, 1.54) is 19.1 Å². The fourth-order valence-electron chi connectivity index (χ4n) is 1.31. The molecule has 0 aliphatic rings. The van der Waals surface area contributed by atoms with E-state index >= 15 is 0 Å². The lowest BCUT2D eigenvalue weighted by Gasteiger charge is -2.21. The van der Waals surface area contributed by atoms with Gasteiger partial charge < -0.3 is 20.6 Å². The number of benzene rings is 1. The fraction of sp³-hybridized carbons (Fsp3) is 0.364. The zero-order chi connectivity index (χ0) is 14.6. The Hall–Kier alpha value is -2.19. The number of carboxylic acids is 1. The number of aromatic carboxylic acids is 1. The summed E-state index contributed by atoms with van der Waals surface area (Å²) < 4.78 is 0. The van der Waals surface area contributed by atoms with Gasteiger partial charge in [-0.25, -0.2) is 4.79 Å². The Labute approximate surface area is 108 Å².